The Morgan fingerprint density at radius 1 is 1.41 bits per heavy atom. The molecule has 0 atom stereocenters. The van der Waals surface area contributed by atoms with Crippen LogP contribution in [0.5, 0.6) is 0 Å². The maximum Gasteiger partial charge on any atom is 0.417 e. The van der Waals surface area contributed by atoms with E-state index in [1.54, 1.807) is 6.92 Å². The largest absolute Gasteiger partial charge is 0.417 e. The van der Waals surface area contributed by atoms with E-state index in [0.717, 1.165) is 6.07 Å². The molecule has 0 aliphatic rings. The second-order valence-corrected chi connectivity index (χ2v) is 4.02. The first-order valence-electron chi connectivity index (χ1n) is 4.61. The summed E-state index contributed by atoms with van der Waals surface area (Å²) in [5.41, 5.74) is -1.57. The van der Waals surface area contributed by atoms with E-state index < -0.39 is 29.0 Å². The highest BCUT2D eigenvalue weighted by molar-refractivity contribution is 9.10. The molecule has 0 aliphatic heterocycles. The van der Waals surface area contributed by atoms with Crippen LogP contribution < -0.4 is 5.32 Å². The van der Waals surface area contributed by atoms with E-state index in [1.165, 1.54) is 0 Å². The van der Waals surface area contributed by atoms with Gasteiger partial charge in [-0.25, -0.2) is 4.39 Å². The van der Waals surface area contributed by atoms with Crippen molar-refractivity contribution in [2.45, 2.75) is 13.1 Å². The number of carbonyl (C=O) groups is 1. The average Bonchev–Trinajstić information content (AvgIpc) is 2.19. The van der Waals surface area contributed by atoms with Crippen LogP contribution in [-0.2, 0) is 6.18 Å². The molecule has 0 fully saturated rings. The number of alkyl halides is 3. The van der Waals surface area contributed by atoms with Crippen molar-refractivity contribution in [3.05, 3.63) is 33.5 Å². The number of rotatable bonds is 2. The quantitative estimate of drug-likeness (QED) is 0.833. The SMILES string of the molecule is CCNC(=O)c1cc(Br)c(C(F)(F)F)cc1F. The highest BCUT2D eigenvalue weighted by Gasteiger charge is 2.34. The first-order chi connectivity index (χ1) is 7.77. The topological polar surface area (TPSA) is 29.1 Å². The number of hydrogen-bond acceptors (Lipinski definition) is 1. The van der Waals surface area contributed by atoms with E-state index in [9.17, 15) is 22.4 Å². The average molecular weight is 314 g/mol. The van der Waals surface area contributed by atoms with Crippen LogP contribution in [0, 0.1) is 5.82 Å². The summed E-state index contributed by atoms with van der Waals surface area (Å²) >= 11 is 2.67. The Morgan fingerprint density at radius 3 is 2.47 bits per heavy atom. The fourth-order valence-corrected chi connectivity index (χ4v) is 1.76. The van der Waals surface area contributed by atoms with Gasteiger partial charge in [0, 0.05) is 11.0 Å². The lowest BCUT2D eigenvalue weighted by Gasteiger charge is -2.11. The third-order valence-corrected chi connectivity index (χ3v) is 2.60. The molecule has 94 valence electrons. The minimum Gasteiger partial charge on any atom is -0.352 e. The van der Waals surface area contributed by atoms with Crippen LogP contribution in [-0.4, -0.2) is 12.5 Å². The fourth-order valence-electron chi connectivity index (χ4n) is 1.19. The molecule has 0 bridgehead atoms. The van der Waals surface area contributed by atoms with Gasteiger partial charge < -0.3 is 5.32 Å². The molecule has 0 unspecified atom stereocenters. The minimum absolute atomic E-state index is 0.261. The summed E-state index contributed by atoms with van der Waals surface area (Å²) in [6.45, 7) is 1.88. The van der Waals surface area contributed by atoms with E-state index in [0.29, 0.717) is 6.07 Å². The third-order valence-electron chi connectivity index (χ3n) is 1.94. The van der Waals surface area contributed by atoms with Crippen LogP contribution in [0.2, 0.25) is 0 Å². The molecule has 0 heterocycles. The lowest BCUT2D eigenvalue weighted by Crippen LogP contribution is -2.24. The van der Waals surface area contributed by atoms with Gasteiger partial charge in [-0.1, -0.05) is 15.9 Å². The van der Waals surface area contributed by atoms with E-state index >= 15 is 0 Å². The molecule has 1 N–H and O–H groups in total. The fraction of sp³-hybridized carbons (Fsp3) is 0.300. The van der Waals surface area contributed by atoms with E-state index in [-0.39, 0.29) is 11.0 Å². The van der Waals surface area contributed by atoms with Crippen LogP contribution in [0.4, 0.5) is 17.6 Å². The molecular weight excluding hydrogens is 306 g/mol. The Labute approximate surface area is 103 Å². The Hall–Kier alpha value is -1.11. The molecule has 0 aliphatic carbocycles. The summed E-state index contributed by atoms with van der Waals surface area (Å²) in [5.74, 6) is -1.95. The van der Waals surface area contributed by atoms with Crippen LogP contribution >= 0.6 is 15.9 Å². The highest BCUT2D eigenvalue weighted by atomic mass is 79.9. The van der Waals surface area contributed by atoms with E-state index in [2.05, 4.69) is 21.2 Å². The monoisotopic (exact) mass is 313 g/mol. The Kier molecular flexibility index (Phi) is 4.13. The molecule has 0 saturated carbocycles. The van der Waals surface area contributed by atoms with Gasteiger partial charge in [-0.3, -0.25) is 4.79 Å². The predicted molar refractivity (Wildman–Crippen MR) is 57.1 cm³/mol. The maximum atomic E-state index is 13.4. The number of hydrogen-bond donors (Lipinski definition) is 1. The summed E-state index contributed by atoms with van der Waals surface area (Å²) in [6.07, 6.45) is -4.67. The number of amides is 1. The standard InChI is InChI=1S/C10H8BrF4NO/c1-2-16-9(17)5-3-7(11)6(4-8(5)12)10(13,14)15/h3-4H,2H2,1H3,(H,16,17). The summed E-state index contributed by atoms with van der Waals surface area (Å²) in [6, 6.07) is 1.12. The minimum atomic E-state index is -4.67. The van der Waals surface area contributed by atoms with Crippen molar-refractivity contribution in [3.8, 4) is 0 Å². The molecule has 1 amide bonds. The summed E-state index contributed by atoms with van der Waals surface area (Å²) in [7, 11) is 0. The molecule has 0 saturated heterocycles. The summed E-state index contributed by atoms with van der Waals surface area (Å²) < 4.78 is 50.2. The molecule has 7 heteroatoms. The molecule has 0 radical (unpaired) electrons. The van der Waals surface area contributed by atoms with Crippen LogP contribution in [0.1, 0.15) is 22.8 Å². The van der Waals surface area contributed by atoms with Gasteiger partial charge in [0.2, 0.25) is 0 Å². The molecule has 1 aromatic carbocycles. The van der Waals surface area contributed by atoms with Crippen LogP contribution in [0.15, 0.2) is 16.6 Å². The van der Waals surface area contributed by atoms with Gasteiger partial charge in [0.15, 0.2) is 0 Å². The zero-order valence-corrected chi connectivity index (χ0v) is 10.2. The van der Waals surface area contributed by atoms with Crippen molar-refractivity contribution in [1.29, 1.82) is 0 Å². The third kappa shape index (κ3) is 3.18. The first-order valence-corrected chi connectivity index (χ1v) is 5.41. The highest BCUT2D eigenvalue weighted by Crippen LogP contribution is 2.36. The normalized spacial score (nSPS) is 11.4. The second-order valence-electron chi connectivity index (χ2n) is 3.17. The molecule has 1 rings (SSSR count). The van der Waals surface area contributed by atoms with Gasteiger partial charge in [0.05, 0.1) is 11.1 Å². The van der Waals surface area contributed by atoms with Gasteiger partial charge in [0.25, 0.3) is 5.91 Å². The van der Waals surface area contributed by atoms with Crippen molar-refractivity contribution in [3.63, 3.8) is 0 Å². The molecular formula is C10H8BrF4NO. The number of halogens is 5. The Bertz CT molecular complexity index is 445. The smallest absolute Gasteiger partial charge is 0.352 e. The maximum absolute atomic E-state index is 13.4. The van der Waals surface area contributed by atoms with Crippen LogP contribution in [0.3, 0.4) is 0 Å². The van der Waals surface area contributed by atoms with Gasteiger partial charge in [0.1, 0.15) is 5.82 Å². The molecule has 1 aromatic rings. The zero-order valence-electron chi connectivity index (χ0n) is 8.66. The van der Waals surface area contributed by atoms with Crippen molar-refractivity contribution < 1.29 is 22.4 Å². The van der Waals surface area contributed by atoms with Crippen molar-refractivity contribution in [1.82, 2.24) is 5.32 Å². The summed E-state index contributed by atoms with van der Waals surface area (Å²) in [4.78, 5) is 11.3. The van der Waals surface area contributed by atoms with E-state index in [4.69, 9.17) is 0 Å². The van der Waals surface area contributed by atoms with Crippen molar-refractivity contribution >= 4 is 21.8 Å². The summed E-state index contributed by atoms with van der Waals surface area (Å²) in [5, 5.41) is 2.31. The lowest BCUT2D eigenvalue weighted by atomic mass is 10.1. The van der Waals surface area contributed by atoms with Gasteiger partial charge in [-0.05, 0) is 19.1 Å². The number of carbonyl (C=O) groups excluding carboxylic acids is 1. The van der Waals surface area contributed by atoms with Crippen molar-refractivity contribution in [2.75, 3.05) is 6.54 Å². The number of benzene rings is 1. The van der Waals surface area contributed by atoms with Gasteiger partial charge in [-0.2, -0.15) is 13.2 Å². The molecule has 17 heavy (non-hydrogen) atoms. The molecule has 0 aromatic heterocycles. The van der Waals surface area contributed by atoms with Crippen LogP contribution in [0.25, 0.3) is 0 Å². The first kappa shape index (κ1) is 14.0. The number of nitrogens with one attached hydrogen (secondary N) is 1. The molecule has 2 nitrogen and oxygen atoms in total. The Morgan fingerprint density at radius 2 is 2.00 bits per heavy atom. The van der Waals surface area contributed by atoms with E-state index in [1.807, 2.05) is 0 Å². The Balaban J connectivity index is 3.23. The predicted octanol–water partition coefficient (Wildman–Crippen LogP) is 3.36. The molecule has 0 spiro atoms. The van der Waals surface area contributed by atoms with Crippen molar-refractivity contribution in [2.24, 2.45) is 0 Å². The lowest BCUT2D eigenvalue weighted by molar-refractivity contribution is -0.138. The van der Waals surface area contributed by atoms with Gasteiger partial charge >= 0.3 is 6.18 Å². The zero-order chi connectivity index (χ0) is 13.2. The van der Waals surface area contributed by atoms with Gasteiger partial charge in [-0.15, -0.1) is 0 Å². The second kappa shape index (κ2) is 5.03.